The van der Waals surface area contributed by atoms with Crippen LogP contribution in [0.15, 0.2) is 18.2 Å². The maximum atomic E-state index is 11.6. The van der Waals surface area contributed by atoms with Crippen LogP contribution in [0.3, 0.4) is 0 Å². The Labute approximate surface area is 101 Å². The van der Waals surface area contributed by atoms with Gasteiger partial charge in [-0.1, -0.05) is 17.2 Å². The summed E-state index contributed by atoms with van der Waals surface area (Å²) in [6.45, 7) is 7.89. The maximum absolute atomic E-state index is 11.6. The number of rotatable bonds is 6. The fraction of sp³-hybridized carbons (Fsp3) is 0.385. The third-order valence-corrected chi connectivity index (χ3v) is 2.04. The molecule has 0 aromatic heterocycles. The van der Waals surface area contributed by atoms with E-state index in [0.29, 0.717) is 12.2 Å². The summed E-state index contributed by atoms with van der Waals surface area (Å²) in [6, 6.07) is 5.49. The van der Waals surface area contributed by atoms with E-state index < -0.39 is 5.97 Å². The van der Waals surface area contributed by atoms with Crippen LogP contribution in [-0.4, -0.2) is 19.2 Å². The molecule has 0 N–H and O–H groups in total. The SMILES string of the molecule is CCOC[CH]OOC(=O)c1cc(C)cc(C)c1. The normalized spacial score (nSPS) is 10.3. The van der Waals surface area contributed by atoms with Gasteiger partial charge < -0.3 is 4.74 Å². The largest absolute Gasteiger partial charge is 0.379 e. The number of benzene rings is 1. The Hall–Kier alpha value is -1.39. The molecule has 17 heavy (non-hydrogen) atoms. The molecule has 0 fully saturated rings. The number of ether oxygens (including phenoxy) is 1. The summed E-state index contributed by atoms with van der Waals surface area (Å²) in [5.41, 5.74) is 2.50. The molecule has 1 rings (SSSR count). The van der Waals surface area contributed by atoms with E-state index in [0.717, 1.165) is 11.1 Å². The molecule has 0 saturated carbocycles. The van der Waals surface area contributed by atoms with Gasteiger partial charge in [0.1, 0.15) is 0 Å². The molecule has 0 saturated heterocycles. The summed E-state index contributed by atoms with van der Waals surface area (Å²) < 4.78 is 4.99. The molecule has 93 valence electrons. The van der Waals surface area contributed by atoms with Gasteiger partial charge >= 0.3 is 5.97 Å². The first-order valence-electron chi connectivity index (χ1n) is 5.49. The van der Waals surface area contributed by atoms with Crippen LogP contribution in [0.2, 0.25) is 0 Å². The third-order valence-electron chi connectivity index (χ3n) is 2.04. The van der Waals surface area contributed by atoms with Gasteiger partial charge in [0.05, 0.1) is 12.2 Å². The van der Waals surface area contributed by atoms with Crippen molar-refractivity contribution in [3.8, 4) is 0 Å². The minimum Gasteiger partial charge on any atom is -0.379 e. The second kappa shape index (κ2) is 7.04. The summed E-state index contributed by atoms with van der Waals surface area (Å²) in [4.78, 5) is 20.8. The number of carbonyl (C=O) groups excluding carboxylic acids is 1. The van der Waals surface area contributed by atoms with Gasteiger partial charge in [-0.05, 0) is 32.9 Å². The second-order valence-electron chi connectivity index (χ2n) is 3.67. The van der Waals surface area contributed by atoms with Crippen LogP contribution in [0.4, 0.5) is 0 Å². The van der Waals surface area contributed by atoms with Crippen LogP contribution in [0.25, 0.3) is 0 Å². The van der Waals surface area contributed by atoms with Gasteiger partial charge in [-0.3, -0.25) is 4.89 Å². The first-order chi connectivity index (χ1) is 8.13. The number of aryl methyl sites for hydroxylation is 2. The van der Waals surface area contributed by atoms with Crippen molar-refractivity contribution in [1.82, 2.24) is 0 Å². The molecule has 0 heterocycles. The van der Waals surface area contributed by atoms with Crippen molar-refractivity contribution >= 4 is 5.97 Å². The zero-order chi connectivity index (χ0) is 12.7. The number of carbonyl (C=O) groups is 1. The topological polar surface area (TPSA) is 44.8 Å². The molecule has 0 atom stereocenters. The molecular weight excluding hydrogens is 220 g/mol. The molecular formula is C13H17O4. The van der Waals surface area contributed by atoms with Gasteiger partial charge in [-0.25, -0.2) is 4.79 Å². The highest BCUT2D eigenvalue weighted by Gasteiger charge is 2.09. The predicted octanol–water partition coefficient (Wildman–Crippen LogP) is 2.59. The van der Waals surface area contributed by atoms with E-state index in [4.69, 9.17) is 4.74 Å². The Kier molecular flexibility index (Phi) is 5.66. The summed E-state index contributed by atoms with van der Waals surface area (Å²) in [5.74, 6) is -0.510. The summed E-state index contributed by atoms with van der Waals surface area (Å²) in [6.07, 6.45) is 0. The van der Waals surface area contributed by atoms with E-state index in [9.17, 15) is 4.79 Å². The van der Waals surface area contributed by atoms with Crippen molar-refractivity contribution in [3.63, 3.8) is 0 Å². The zero-order valence-electron chi connectivity index (χ0n) is 10.4. The van der Waals surface area contributed by atoms with Crippen molar-refractivity contribution in [2.24, 2.45) is 0 Å². The Morgan fingerprint density at radius 1 is 1.24 bits per heavy atom. The van der Waals surface area contributed by atoms with Crippen molar-refractivity contribution in [2.75, 3.05) is 13.2 Å². The fourth-order valence-electron chi connectivity index (χ4n) is 1.41. The molecule has 0 spiro atoms. The number of hydrogen-bond donors (Lipinski definition) is 0. The molecule has 0 aliphatic carbocycles. The molecule has 1 radical (unpaired) electrons. The molecule has 4 heteroatoms. The Morgan fingerprint density at radius 3 is 2.47 bits per heavy atom. The van der Waals surface area contributed by atoms with E-state index in [1.165, 1.54) is 6.61 Å². The van der Waals surface area contributed by atoms with Gasteiger partial charge in [0, 0.05) is 6.61 Å². The molecule has 0 unspecified atom stereocenters. The van der Waals surface area contributed by atoms with Crippen molar-refractivity contribution in [2.45, 2.75) is 20.8 Å². The number of hydrogen-bond acceptors (Lipinski definition) is 4. The fourth-order valence-corrected chi connectivity index (χ4v) is 1.41. The van der Waals surface area contributed by atoms with E-state index in [1.54, 1.807) is 12.1 Å². The van der Waals surface area contributed by atoms with Crippen molar-refractivity contribution in [3.05, 3.63) is 41.5 Å². The Morgan fingerprint density at radius 2 is 1.88 bits per heavy atom. The molecule has 4 nitrogen and oxygen atoms in total. The van der Waals surface area contributed by atoms with Gasteiger partial charge in [-0.15, -0.1) is 0 Å². The summed E-state index contributed by atoms with van der Waals surface area (Å²) in [5, 5.41) is 0. The van der Waals surface area contributed by atoms with E-state index >= 15 is 0 Å². The standard InChI is InChI=1S/C13H17O4/c1-4-15-5-6-16-17-13(14)12-8-10(2)7-11(3)9-12/h6-9H,4-5H2,1-3H3. The predicted molar refractivity (Wildman–Crippen MR) is 63.2 cm³/mol. The molecule has 0 bridgehead atoms. The minimum absolute atomic E-state index is 0.288. The molecule has 0 aliphatic heterocycles. The molecule has 0 aliphatic rings. The van der Waals surface area contributed by atoms with Crippen LogP contribution >= 0.6 is 0 Å². The molecule has 1 aromatic rings. The highest BCUT2D eigenvalue weighted by Crippen LogP contribution is 2.10. The van der Waals surface area contributed by atoms with Crippen LogP contribution in [0.1, 0.15) is 28.4 Å². The average Bonchev–Trinajstić information content (AvgIpc) is 2.27. The van der Waals surface area contributed by atoms with Gasteiger partial charge in [0.15, 0.2) is 6.61 Å². The molecule has 0 amide bonds. The lowest BCUT2D eigenvalue weighted by atomic mass is 10.1. The van der Waals surface area contributed by atoms with Crippen LogP contribution in [-0.2, 0) is 14.5 Å². The Bertz CT molecular complexity index is 353. The molecule has 1 aromatic carbocycles. The smallest absolute Gasteiger partial charge is 0.373 e. The van der Waals surface area contributed by atoms with Crippen molar-refractivity contribution in [1.29, 1.82) is 0 Å². The van der Waals surface area contributed by atoms with Gasteiger partial charge in [0.25, 0.3) is 0 Å². The van der Waals surface area contributed by atoms with Crippen LogP contribution < -0.4 is 0 Å². The lowest BCUT2D eigenvalue weighted by Crippen LogP contribution is -2.07. The second-order valence-corrected chi connectivity index (χ2v) is 3.67. The first kappa shape index (κ1) is 13.7. The minimum atomic E-state index is -0.510. The van der Waals surface area contributed by atoms with Crippen molar-refractivity contribution < 1.29 is 19.3 Å². The highest BCUT2D eigenvalue weighted by molar-refractivity contribution is 5.89. The van der Waals surface area contributed by atoms with Crippen LogP contribution in [0, 0.1) is 20.5 Å². The lowest BCUT2D eigenvalue weighted by molar-refractivity contribution is -0.218. The highest BCUT2D eigenvalue weighted by atomic mass is 17.2. The van der Waals surface area contributed by atoms with Gasteiger partial charge in [0.2, 0.25) is 0 Å². The first-order valence-corrected chi connectivity index (χ1v) is 5.49. The van der Waals surface area contributed by atoms with E-state index in [1.807, 2.05) is 26.8 Å². The zero-order valence-corrected chi connectivity index (χ0v) is 10.4. The van der Waals surface area contributed by atoms with Crippen LogP contribution in [0.5, 0.6) is 0 Å². The average molecular weight is 237 g/mol. The monoisotopic (exact) mass is 237 g/mol. The quantitative estimate of drug-likeness (QED) is 0.433. The summed E-state index contributed by atoms with van der Waals surface area (Å²) in [7, 11) is 0. The third kappa shape index (κ3) is 4.97. The summed E-state index contributed by atoms with van der Waals surface area (Å²) >= 11 is 0. The van der Waals surface area contributed by atoms with Gasteiger partial charge in [-0.2, -0.15) is 4.89 Å². The van der Waals surface area contributed by atoms with E-state index in [-0.39, 0.29) is 6.61 Å². The lowest BCUT2D eigenvalue weighted by Gasteiger charge is -2.05. The Balaban J connectivity index is 2.41. The van der Waals surface area contributed by atoms with E-state index in [2.05, 4.69) is 9.78 Å². The maximum Gasteiger partial charge on any atom is 0.373 e.